The third-order valence-corrected chi connectivity index (χ3v) is 10.5. The van der Waals surface area contributed by atoms with Crippen molar-refractivity contribution in [2.24, 2.45) is 0 Å². The summed E-state index contributed by atoms with van der Waals surface area (Å²) >= 11 is 3.50. The predicted molar refractivity (Wildman–Crippen MR) is 132 cm³/mol. The van der Waals surface area contributed by atoms with Crippen molar-refractivity contribution in [2.45, 2.75) is 6.54 Å². The van der Waals surface area contributed by atoms with Gasteiger partial charge in [-0.3, -0.25) is 0 Å². The summed E-state index contributed by atoms with van der Waals surface area (Å²) in [5, 5.41) is 2.49. The van der Waals surface area contributed by atoms with E-state index in [1.54, 1.807) is 0 Å². The molecule has 0 aromatic heterocycles. The summed E-state index contributed by atoms with van der Waals surface area (Å²) in [5.74, 6) is 0. The van der Waals surface area contributed by atoms with Gasteiger partial charge < -0.3 is 0 Å². The molecule has 0 heterocycles. The first-order valence-electron chi connectivity index (χ1n) is 9.86. The molecule has 4 aromatic carbocycles. The molecule has 0 spiro atoms. The van der Waals surface area contributed by atoms with Crippen molar-refractivity contribution in [3.8, 4) is 11.7 Å². The van der Waals surface area contributed by atoms with Crippen LogP contribution in [-0.4, -0.2) is 15.1 Å². The van der Waals surface area contributed by atoms with Crippen molar-refractivity contribution in [2.75, 3.05) is 4.90 Å². The Morgan fingerprint density at radius 1 is 0.600 bits per heavy atom. The number of hydrogen-bond acceptors (Lipinski definition) is 1. The maximum absolute atomic E-state index is 3.68. The van der Waals surface area contributed by atoms with Crippen LogP contribution in [0.5, 0.6) is 0 Å². The van der Waals surface area contributed by atoms with Gasteiger partial charge in [-0.15, -0.1) is 0 Å². The van der Waals surface area contributed by atoms with Gasteiger partial charge >= 0.3 is 187 Å². The zero-order valence-electron chi connectivity index (χ0n) is 16.6. The van der Waals surface area contributed by atoms with E-state index in [4.69, 9.17) is 0 Å². The molecule has 0 saturated heterocycles. The SMILES string of the molecule is [Se]=P(C#CN(Cc1ccccc1)c1ccccc1)(c1ccccc1)c1ccccc1. The van der Waals surface area contributed by atoms with Crippen LogP contribution in [0.3, 0.4) is 0 Å². The molecule has 0 saturated carbocycles. The molecular weight excluding hydrogens is 448 g/mol. The molecule has 0 bridgehead atoms. The zero-order valence-corrected chi connectivity index (χ0v) is 19.2. The summed E-state index contributed by atoms with van der Waals surface area (Å²) in [6.45, 7) is 0.738. The van der Waals surface area contributed by atoms with Crippen LogP contribution in [0.1, 0.15) is 5.56 Å². The maximum atomic E-state index is 3.68. The standard InChI is InChI=1S/C27H22NPSe/c30-29(26-17-9-3-10-18-26,27-19-11-4-12-20-27)22-21-28(25-15-7-2-8-16-25)23-24-13-5-1-6-14-24/h1-20H,23H2. The average Bonchev–Trinajstić information content (AvgIpc) is 2.84. The van der Waals surface area contributed by atoms with Gasteiger partial charge in [0.2, 0.25) is 0 Å². The minimum atomic E-state index is -1.98. The van der Waals surface area contributed by atoms with Crippen LogP contribution in [0.25, 0.3) is 0 Å². The van der Waals surface area contributed by atoms with E-state index < -0.39 is 5.51 Å². The molecule has 0 unspecified atom stereocenters. The molecule has 0 radical (unpaired) electrons. The topological polar surface area (TPSA) is 3.24 Å². The van der Waals surface area contributed by atoms with E-state index in [-0.39, 0.29) is 0 Å². The van der Waals surface area contributed by atoms with Crippen LogP contribution in [-0.2, 0) is 6.54 Å². The van der Waals surface area contributed by atoms with Gasteiger partial charge in [0, 0.05) is 0 Å². The van der Waals surface area contributed by atoms with Gasteiger partial charge in [-0.1, -0.05) is 0 Å². The van der Waals surface area contributed by atoms with Gasteiger partial charge in [0.05, 0.1) is 0 Å². The van der Waals surface area contributed by atoms with Crippen LogP contribution in [0.4, 0.5) is 5.69 Å². The number of hydrogen-bond donors (Lipinski definition) is 0. The van der Waals surface area contributed by atoms with E-state index in [1.165, 1.54) is 16.2 Å². The predicted octanol–water partition coefficient (Wildman–Crippen LogP) is 5.36. The second-order valence-corrected chi connectivity index (χ2v) is 12.8. The molecule has 0 aliphatic carbocycles. The van der Waals surface area contributed by atoms with Crippen molar-refractivity contribution in [1.82, 2.24) is 0 Å². The first-order valence-corrected chi connectivity index (χ1v) is 13.9. The first kappa shape index (κ1) is 20.5. The second kappa shape index (κ2) is 9.79. The molecule has 1 nitrogen and oxygen atoms in total. The summed E-state index contributed by atoms with van der Waals surface area (Å²) in [6, 6.07) is 45.6. The normalized spacial score (nSPS) is 10.7. The molecule has 0 amide bonds. The quantitative estimate of drug-likeness (QED) is 0.164. The number of benzene rings is 4. The van der Waals surface area contributed by atoms with Crippen LogP contribution in [0.2, 0.25) is 0 Å². The number of anilines is 1. The van der Waals surface area contributed by atoms with Crippen LogP contribution < -0.4 is 15.5 Å². The summed E-state index contributed by atoms with van der Waals surface area (Å²) in [4.78, 5) is 2.15. The van der Waals surface area contributed by atoms with Gasteiger partial charge in [0.25, 0.3) is 0 Å². The monoisotopic (exact) mass is 471 g/mol. The molecule has 0 aliphatic rings. The Bertz CT molecular complexity index is 1140. The molecule has 0 N–H and O–H groups in total. The number of para-hydroxylation sites is 1. The molecule has 0 fully saturated rings. The summed E-state index contributed by atoms with van der Waals surface area (Å²) in [7, 11) is 0. The molecule has 3 heteroatoms. The summed E-state index contributed by atoms with van der Waals surface area (Å²) in [6.07, 6.45) is 0. The van der Waals surface area contributed by atoms with Crippen molar-refractivity contribution >= 4 is 36.9 Å². The summed E-state index contributed by atoms with van der Waals surface area (Å²) < 4.78 is 0. The van der Waals surface area contributed by atoms with E-state index in [9.17, 15) is 0 Å². The summed E-state index contributed by atoms with van der Waals surface area (Å²) in [5.41, 5.74) is 4.03. The van der Waals surface area contributed by atoms with Gasteiger partial charge in [0.15, 0.2) is 0 Å². The molecule has 4 aromatic rings. The third kappa shape index (κ3) is 4.84. The Labute approximate surface area is 186 Å². The van der Waals surface area contributed by atoms with Crippen LogP contribution in [0, 0.1) is 11.7 Å². The van der Waals surface area contributed by atoms with E-state index in [2.05, 4.69) is 141 Å². The van der Waals surface area contributed by atoms with Gasteiger partial charge in [-0.2, -0.15) is 0 Å². The van der Waals surface area contributed by atoms with Crippen molar-refractivity contribution in [3.63, 3.8) is 0 Å². The fraction of sp³-hybridized carbons (Fsp3) is 0.0370. The van der Waals surface area contributed by atoms with Crippen molar-refractivity contribution in [3.05, 3.63) is 127 Å². The number of nitrogens with zero attached hydrogens (tertiary/aromatic N) is 1. The van der Waals surface area contributed by atoms with E-state index >= 15 is 0 Å². The molecule has 146 valence electrons. The fourth-order valence-corrected chi connectivity index (χ4v) is 7.05. The zero-order chi connectivity index (χ0) is 20.7. The Kier molecular flexibility index (Phi) is 6.68. The molecular formula is C27H22NPSe. The van der Waals surface area contributed by atoms with Crippen molar-refractivity contribution in [1.29, 1.82) is 0 Å². The molecule has 30 heavy (non-hydrogen) atoms. The van der Waals surface area contributed by atoms with Gasteiger partial charge in [0.1, 0.15) is 0 Å². The Morgan fingerprint density at radius 2 is 1.03 bits per heavy atom. The van der Waals surface area contributed by atoms with E-state index in [1.807, 2.05) is 12.1 Å². The molecule has 4 rings (SSSR count). The Balaban J connectivity index is 1.79. The Morgan fingerprint density at radius 3 is 1.53 bits per heavy atom. The van der Waals surface area contributed by atoms with Gasteiger partial charge in [-0.25, -0.2) is 0 Å². The molecule has 0 aliphatic heterocycles. The van der Waals surface area contributed by atoms with Crippen LogP contribution in [0.15, 0.2) is 121 Å². The number of rotatable bonds is 5. The Hall–Kier alpha value is -2.81. The average molecular weight is 470 g/mol. The molecule has 0 atom stereocenters. The van der Waals surface area contributed by atoms with Crippen molar-refractivity contribution < 1.29 is 0 Å². The van der Waals surface area contributed by atoms with Gasteiger partial charge in [-0.05, 0) is 0 Å². The third-order valence-electron chi connectivity index (χ3n) is 4.83. The fourth-order valence-electron chi connectivity index (χ4n) is 3.25. The van der Waals surface area contributed by atoms with E-state index in [0.29, 0.717) is 0 Å². The minimum absolute atomic E-state index is 0.738. The second-order valence-electron chi connectivity index (χ2n) is 6.91. The van der Waals surface area contributed by atoms with Crippen LogP contribution >= 0.6 is 5.51 Å². The first-order chi connectivity index (χ1) is 14.8. The van der Waals surface area contributed by atoms with E-state index in [0.717, 1.165) is 12.2 Å².